The van der Waals surface area contributed by atoms with Crippen LogP contribution in [0.1, 0.15) is 23.2 Å². The van der Waals surface area contributed by atoms with Crippen LogP contribution in [0.4, 0.5) is 5.69 Å². The van der Waals surface area contributed by atoms with Crippen molar-refractivity contribution in [3.05, 3.63) is 28.8 Å². The molecule has 0 bridgehead atoms. The van der Waals surface area contributed by atoms with E-state index in [4.69, 9.17) is 17.3 Å². The highest BCUT2D eigenvalue weighted by molar-refractivity contribution is 7.88. The third kappa shape index (κ3) is 4.33. The molecule has 2 rings (SSSR count). The average molecular weight is 332 g/mol. The van der Waals surface area contributed by atoms with Crippen LogP contribution in [0.5, 0.6) is 0 Å². The maximum atomic E-state index is 12.5. The molecule has 1 atom stereocenters. The molecule has 1 aliphatic heterocycles. The number of nitrogen functional groups attached to an aromatic ring is 1. The molecule has 1 heterocycles. The molecule has 6 nitrogen and oxygen atoms in total. The molecule has 1 unspecified atom stereocenters. The molecule has 0 radical (unpaired) electrons. The van der Waals surface area contributed by atoms with Crippen LogP contribution < -0.4 is 10.5 Å². The summed E-state index contributed by atoms with van der Waals surface area (Å²) in [6.45, 7) is 0.925. The second kappa shape index (κ2) is 6.21. The number of likely N-dealkylation sites (tertiary alicyclic amines) is 1. The van der Waals surface area contributed by atoms with Gasteiger partial charge in [0.1, 0.15) is 0 Å². The van der Waals surface area contributed by atoms with Crippen molar-refractivity contribution >= 4 is 33.2 Å². The average Bonchev–Trinajstić information content (AvgIpc) is 2.36. The molecule has 0 aromatic heterocycles. The number of amides is 1. The Kier molecular flexibility index (Phi) is 4.75. The minimum atomic E-state index is -3.28. The molecule has 1 amide bonds. The van der Waals surface area contributed by atoms with Crippen molar-refractivity contribution in [1.82, 2.24) is 9.62 Å². The van der Waals surface area contributed by atoms with Crippen molar-refractivity contribution in [2.24, 2.45) is 0 Å². The summed E-state index contributed by atoms with van der Waals surface area (Å²) in [5, 5.41) is 0.304. The van der Waals surface area contributed by atoms with Crippen molar-refractivity contribution in [2.45, 2.75) is 18.9 Å². The number of piperidine rings is 1. The Hall–Kier alpha value is -1.31. The van der Waals surface area contributed by atoms with Gasteiger partial charge in [-0.2, -0.15) is 0 Å². The zero-order valence-electron chi connectivity index (χ0n) is 11.7. The Morgan fingerprint density at radius 2 is 2.19 bits per heavy atom. The quantitative estimate of drug-likeness (QED) is 0.810. The van der Waals surface area contributed by atoms with Crippen LogP contribution in [0.15, 0.2) is 18.2 Å². The maximum Gasteiger partial charge on any atom is 0.255 e. The van der Waals surface area contributed by atoms with Crippen LogP contribution in [0, 0.1) is 0 Å². The number of rotatable bonds is 3. The maximum absolute atomic E-state index is 12.5. The van der Waals surface area contributed by atoms with Crippen molar-refractivity contribution < 1.29 is 13.2 Å². The monoisotopic (exact) mass is 331 g/mol. The normalized spacial score (nSPS) is 19.5. The van der Waals surface area contributed by atoms with Crippen LogP contribution in [-0.2, 0) is 10.0 Å². The van der Waals surface area contributed by atoms with E-state index in [0.717, 1.165) is 12.7 Å². The molecule has 116 valence electrons. The summed E-state index contributed by atoms with van der Waals surface area (Å²) in [7, 11) is -3.28. The summed E-state index contributed by atoms with van der Waals surface area (Å²) < 4.78 is 25.1. The van der Waals surface area contributed by atoms with E-state index in [1.54, 1.807) is 17.0 Å². The second-order valence-electron chi connectivity index (χ2n) is 5.22. The number of hydrogen-bond donors (Lipinski definition) is 2. The van der Waals surface area contributed by atoms with Gasteiger partial charge in [-0.1, -0.05) is 11.6 Å². The van der Waals surface area contributed by atoms with Gasteiger partial charge in [0.15, 0.2) is 0 Å². The van der Waals surface area contributed by atoms with Gasteiger partial charge in [0.2, 0.25) is 10.0 Å². The summed E-state index contributed by atoms with van der Waals surface area (Å²) in [4.78, 5) is 14.1. The number of hydrogen-bond acceptors (Lipinski definition) is 4. The highest BCUT2D eigenvalue weighted by Crippen LogP contribution is 2.22. The highest BCUT2D eigenvalue weighted by Gasteiger charge is 2.27. The lowest BCUT2D eigenvalue weighted by Crippen LogP contribution is -2.49. The summed E-state index contributed by atoms with van der Waals surface area (Å²) in [5.74, 6) is -0.208. The molecule has 0 saturated carbocycles. The zero-order chi connectivity index (χ0) is 15.6. The number of carbonyl (C=O) groups is 1. The van der Waals surface area contributed by atoms with Gasteiger partial charge in [0.25, 0.3) is 5.91 Å². The number of carbonyl (C=O) groups excluding carboxylic acids is 1. The topological polar surface area (TPSA) is 92.5 Å². The number of anilines is 1. The largest absolute Gasteiger partial charge is 0.399 e. The Morgan fingerprint density at radius 1 is 1.48 bits per heavy atom. The summed E-state index contributed by atoms with van der Waals surface area (Å²) in [6, 6.07) is 4.48. The molecule has 1 aliphatic rings. The first-order chi connectivity index (χ1) is 9.76. The van der Waals surface area contributed by atoms with Crippen molar-refractivity contribution in [3.63, 3.8) is 0 Å². The molecule has 3 N–H and O–H groups in total. The van der Waals surface area contributed by atoms with Gasteiger partial charge in [-0.15, -0.1) is 0 Å². The van der Waals surface area contributed by atoms with Gasteiger partial charge in [-0.05, 0) is 31.0 Å². The number of nitrogens with two attached hydrogens (primary N) is 1. The van der Waals surface area contributed by atoms with Crippen LogP contribution >= 0.6 is 11.6 Å². The van der Waals surface area contributed by atoms with E-state index in [0.29, 0.717) is 35.8 Å². The molecule has 0 spiro atoms. The summed E-state index contributed by atoms with van der Waals surface area (Å²) in [5.41, 5.74) is 6.48. The number of halogens is 1. The molecule has 21 heavy (non-hydrogen) atoms. The minimum absolute atomic E-state index is 0.208. The lowest BCUT2D eigenvalue weighted by atomic mass is 10.1. The molecule has 1 fully saturated rings. The van der Waals surface area contributed by atoms with Gasteiger partial charge in [-0.3, -0.25) is 4.79 Å². The third-order valence-electron chi connectivity index (χ3n) is 3.31. The fraction of sp³-hybridized carbons (Fsp3) is 0.462. The van der Waals surface area contributed by atoms with E-state index in [9.17, 15) is 13.2 Å². The van der Waals surface area contributed by atoms with Gasteiger partial charge in [0.05, 0.1) is 16.8 Å². The first-order valence-electron chi connectivity index (χ1n) is 6.58. The second-order valence-corrected chi connectivity index (χ2v) is 7.41. The molecule has 1 aromatic carbocycles. The minimum Gasteiger partial charge on any atom is -0.399 e. The molecule has 8 heteroatoms. The van der Waals surface area contributed by atoms with E-state index in [2.05, 4.69) is 4.72 Å². The van der Waals surface area contributed by atoms with Crippen molar-refractivity contribution in [3.8, 4) is 0 Å². The van der Waals surface area contributed by atoms with E-state index in [1.165, 1.54) is 6.07 Å². The third-order valence-corrected chi connectivity index (χ3v) is 4.39. The molecule has 1 aromatic rings. The van der Waals surface area contributed by atoms with E-state index in [1.807, 2.05) is 0 Å². The van der Waals surface area contributed by atoms with Crippen LogP contribution in [0.3, 0.4) is 0 Å². The van der Waals surface area contributed by atoms with Crippen LogP contribution in [0.25, 0.3) is 0 Å². The first kappa shape index (κ1) is 16.1. The number of sulfonamides is 1. The molecule has 0 aliphatic carbocycles. The lowest BCUT2D eigenvalue weighted by Gasteiger charge is -2.33. The molecule has 1 saturated heterocycles. The van der Waals surface area contributed by atoms with E-state index < -0.39 is 10.0 Å². The number of nitrogens with one attached hydrogen (secondary N) is 1. The zero-order valence-corrected chi connectivity index (χ0v) is 13.2. The fourth-order valence-electron chi connectivity index (χ4n) is 2.44. The standard InChI is InChI=1S/C13H18ClN3O3S/c1-21(19,20)16-10-3-2-6-17(8-10)13(18)11-5-4-9(15)7-12(11)14/h4-5,7,10,16H,2-3,6,8,15H2,1H3. The Morgan fingerprint density at radius 3 is 2.81 bits per heavy atom. The Bertz CT molecular complexity index is 648. The van der Waals surface area contributed by atoms with E-state index >= 15 is 0 Å². The first-order valence-corrected chi connectivity index (χ1v) is 8.85. The smallest absolute Gasteiger partial charge is 0.255 e. The lowest BCUT2D eigenvalue weighted by molar-refractivity contribution is 0.0703. The van der Waals surface area contributed by atoms with Gasteiger partial charge >= 0.3 is 0 Å². The molecular weight excluding hydrogens is 314 g/mol. The van der Waals surface area contributed by atoms with E-state index in [-0.39, 0.29) is 11.9 Å². The van der Waals surface area contributed by atoms with Gasteiger partial charge < -0.3 is 10.6 Å². The van der Waals surface area contributed by atoms with Gasteiger partial charge in [-0.25, -0.2) is 13.1 Å². The number of benzene rings is 1. The van der Waals surface area contributed by atoms with Gasteiger partial charge in [0, 0.05) is 24.8 Å². The molecular formula is C13H18ClN3O3S. The fourth-order valence-corrected chi connectivity index (χ4v) is 3.50. The highest BCUT2D eigenvalue weighted by atomic mass is 35.5. The Balaban J connectivity index is 2.12. The van der Waals surface area contributed by atoms with Crippen LogP contribution in [0.2, 0.25) is 5.02 Å². The van der Waals surface area contributed by atoms with Crippen molar-refractivity contribution in [1.29, 1.82) is 0 Å². The number of nitrogens with zero attached hydrogens (tertiary/aromatic N) is 1. The summed E-state index contributed by atoms with van der Waals surface area (Å²) in [6.07, 6.45) is 2.57. The predicted molar refractivity (Wildman–Crippen MR) is 82.8 cm³/mol. The SMILES string of the molecule is CS(=O)(=O)NC1CCCN(C(=O)c2ccc(N)cc2Cl)C1. The predicted octanol–water partition coefficient (Wildman–Crippen LogP) is 1.08. The Labute approximate surface area is 129 Å². The van der Waals surface area contributed by atoms with Crippen LogP contribution in [-0.4, -0.2) is 44.6 Å². The summed E-state index contributed by atoms with van der Waals surface area (Å²) >= 11 is 6.05. The van der Waals surface area contributed by atoms with Crippen molar-refractivity contribution in [2.75, 3.05) is 25.1 Å².